The summed E-state index contributed by atoms with van der Waals surface area (Å²) >= 11 is 0. The molecule has 1 aliphatic heterocycles. The second-order valence-corrected chi connectivity index (χ2v) is 9.05. The number of aliphatic hydroxyl groups excluding tert-OH is 1. The summed E-state index contributed by atoms with van der Waals surface area (Å²) in [5.74, 6) is -0.438. The summed E-state index contributed by atoms with van der Waals surface area (Å²) in [5.41, 5.74) is 3.72. The number of hydrogen-bond acceptors (Lipinski definition) is 4. The van der Waals surface area contributed by atoms with E-state index in [1.165, 1.54) is 4.90 Å². The van der Waals surface area contributed by atoms with Crippen LogP contribution in [0.2, 0.25) is 0 Å². The van der Waals surface area contributed by atoms with E-state index in [1.807, 2.05) is 56.3 Å². The summed E-state index contributed by atoms with van der Waals surface area (Å²) in [5, 5.41) is 11.4. The molecular weight excluding hydrogens is 426 g/mol. The summed E-state index contributed by atoms with van der Waals surface area (Å²) in [6, 6.07) is 21.3. The second-order valence-electron chi connectivity index (χ2n) is 9.05. The number of aliphatic hydroxyl groups is 1. The van der Waals surface area contributed by atoms with Crippen molar-refractivity contribution < 1.29 is 19.4 Å². The first-order chi connectivity index (χ1) is 16.3. The van der Waals surface area contributed by atoms with Crippen molar-refractivity contribution in [2.75, 3.05) is 11.5 Å². The van der Waals surface area contributed by atoms with Crippen molar-refractivity contribution in [3.05, 3.63) is 101 Å². The van der Waals surface area contributed by atoms with Gasteiger partial charge in [-0.3, -0.25) is 14.5 Å². The van der Waals surface area contributed by atoms with Crippen LogP contribution in [0.1, 0.15) is 42.1 Å². The van der Waals surface area contributed by atoms with Gasteiger partial charge in [-0.15, -0.1) is 0 Å². The molecule has 1 amide bonds. The van der Waals surface area contributed by atoms with Gasteiger partial charge in [0.1, 0.15) is 11.5 Å². The van der Waals surface area contributed by atoms with E-state index in [0.29, 0.717) is 23.8 Å². The van der Waals surface area contributed by atoms with Gasteiger partial charge in [0.05, 0.1) is 18.2 Å². The largest absolute Gasteiger partial charge is 0.507 e. The Morgan fingerprint density at radius 1 is 0.941 bits per heavy atom. The van der Waals surface area contributed by atoms with E-state index in [-0.39, 0.29) is 11.3 Å². The number of carbonyl (C=O) groups is 2. The highest BCUT2D eigenvalue weighted by molar-refractivity contribution is 6.51. The van der Waals surface area contributed by atoms with Crippen LogP contribution in [0.3, 0.4) is 0 Å². The number of amides is 1. The highest BCUT2D eigenvalue weighted by Crippen LogP contribution is 2.43. The van der Waals surface area contributed by atoms with Gasteiger partial charge in [-0.05, 0) is 66.8 Å². The first-order valence-electron chi connectivity index (χ1n) is 11.4. The van der Waals surface area contributed by atoms with Gasteiger partial charge in [-0.25, -0.2) is 0 Å². The Morgan fingerprint density at radius 2 is 1.62 bits per heavy atom. The Labute approximate surface area is 200 Å². The summed E-state index contributed by atoms with van der Waals surface area (Å²) in [6.45, 7) is 8.57. The molecule has 34 heavy (non-hydrogen) atoms. The molecule has 174 valence electrons. The van der Waals surface area contributed by atoms with Crippen LogP contribution in [-0.2, 0) is 9.59 Å². The fourth-order valence-corrected chi connectivity index (χ4v) is 4.25. The van der Waals surface area contributed by atoms with Crippen LogP contribution < -0.4 is 9.64 Å². The summed E-state index contributed by atoms with van der Waals surface area (Å²) in [4.78, 5) is 28.0. The predicted octanol–water partition coefficient (Wildman–Crippen LogP) is 5.96. The number of aryl methyl sites for hydroxylation is 2. The number of para-hydroxylation sites is 1. The minimum atomic E-state index is -0.735. The Kier molecular flexibility index (Phi) is 6.55. The Bertz CT molecular complexity index is 1260. The molecule has 0 bridgehead atoms. The topological polar surface area (TPSA) is 66.8 Å². The molecule has 1 fully saturated rings. The molecule has 3 aromatic carbocycles. The molecule has 3 aromatic rings. The average molecular weight is 456 g/mol. The fourth-order valence-electron chi connectivity index (χ4n) is 4.25. The number of carbonyl (C=O) groups excluding carboxylic acids is 2. The van der Waals surface area contributed by atoms with Crippen molar-refractivity contribution >= 4 is 23.1 Å². The number of rotatable bonds is 6. The van der Waals surface area contributed by atoms with Crippen LogP contribution in [0.15, 0.2) is 78.4 Å². The Morgan fingerprint density at radius 3 is 2.26 bits per heavy atom. The molecule has 1 heterocycles. The minimum absolute atomic E-state index is 0.0819. The molecule has 5 nitrogen and oxygen atoms in total. The standard InChI is InChI=1S/C29H29NO4/c1-18(2)17-34-24-15-14-21(16-20(24)4)27(31)25-26(23-13-9-8-10-19(23)3)30(29(33)28(25)32)22-11-6-5-7-12-22/h5-16,18,26,31H,17H2,1-4H3/b27-25+. The SMILES string of the molecule is Cc1cc(/C(O)=C2\C(=O)C(=O)N(c3ccccc3)C2c2ccccc2C)ccc1OCC(C)C. The third-order valence-electron chi connectivity index (χ3n) is 5.98. The van der Waals surface area contributed by atoms with E-state index in [2.05, 4.69) is 13.8 Å². The first kappa shape index (κ1) is 23.3. The van der Waals surface area contributed by atoms with Gasteiger partial charge in [0.25, 0.3) is 11.7 Å². The molecule has 1 atom stereocenters. The molecule has 4 rings (SSSR count). The monoisotopic (exact) mass is 455 g/mol. The zero-order valence-electron chi connectivity index (χ0n) is 19.9. The number of Topliss-reactive ketones (excluding diaryl/α,β-unsaturated/α-hetero) is 1. The van der Waals surface area contributed by atoms with Gasteiger partial charge >= 0.3 is 0 Å². The van der Waals surface area contributed by atoms with Gasteiger partial charge in [0.15, 0.2) is 0 Å². The maximum absolute atomic E-state index is 13.3. The molecule has 0 radical (unpaired) electrons. The van der Waals surface area contributed by atoms with Gasteiger partial charge in [0.2, 0.25) is 0 Å². The van der Waals surface area contributed by atoms with Crippen LogP contribution in [0, 0.1) is 19.8 Å². The Hall–Kier alpha value is -3.86. The lowest BCUT2D eigenvalue weighted by atomic mass is 9.92. The number of ketones is 1. The minimum Gasteiger partial charge on any atom is -0.507 e. The van der Waals surface area contributed by atoms with Gasteiger partial charge < -0.3 is 9.84 Å². The lowest BCUT2D eigenvalue weighted by Crippen LogP contribution is -2.29. The second kappa shape index (κ2) is 9.56. The zero-order chi connectivity index (χ0) is 24.4. The van der Waals surface area contributed by atoms with Crippen LogP contribution in [0.25, 0.3) is 5.76 Å². The van der Waals surface area contributed by atoms with E-state index in [1.54, 1.807) is 30.3 Å². The predicted molar refractivity (Wildman–Crippen MR) is 134 cm³/mol. The molecule has 0 spiro atoms. The molecular formula is C29H29NO4. The molecule has 5 heteroatoms. The number of hydrogen-bond donors (Lipinski definition) is 1. The molecule has 0 saturated carbocycles. The number of benzene rings is 3. The quantitative estimate of drug-likeness (QED) is 0.283. The van der Waals surface area contributed by atoms with E-state index in [9.17, 15) is 14.7 Å². The van der Waals surface area contributed by atoms with Gasteiger partial charge in [-0.1, -0.05) is 56.3 Å². The van der Waals surface area contributed by atoms with E-state index in [4.69, 9.17) is 4.74 Å². The fraction of sp³-hybridized carbons (Fsp3) is 0.241. The smallest absolute Gasteiger partial charge is 0.300 e. The van der Waals surface area contributed by atoms with Gasteiger partial charge in [-0.2, -0.15) is 0 Å². The molecule has 1 unspecified atom stereocenters. The maximum Gasteiger partial charge on any atom is 0.300 e. The van der Waals surface area contributed by atoms with Crippen molar-refractivity contribution in [1.82, 2.24) is 0 Å². The van der Waals surface area contributed by atoms with E-state index < -0.39 is 17.7 Å². The molecule has 0 aromatic heterocycles. The lowest BCUT2D eigenvalue weighted by molar-refractivity contribution is -0.132. The summed E-state index contributed by atoms with van der Waals surface area (Å²) in [7, 11) is 0. The van der Waals surface area contributed by atoms with Crippen LogP contribution in [0.5, 0.6) is 5.75 Å². The third-order valence-corrected chi connectivity index (χ3v) is 5.98. The van der Waals surface area contributed by atoms with Crippen LogP contribution in [0.4, 0.5) is 5.69 Å². The van der Waals surface area contributed by atoms with Crippen LogP contribution >= 0.6 is 0 Å². The van der Waals surface area contributed by atoms with Crippen molar-refractivity contribution in [2.45, 2.75) is 33.7 Å². The van der Waals surface area contributed by atoms with E-state index >= 15 is 0 Å². The zero-order valence-corrected chi connectivity index (χ0v) is 19.9. The summed E-state index contributed by atoms with van der Waals surface area (Å²) in [6.07, 6.45) is 0. The molecule has 1 N–H and O–H groups in total. The molecule has 1 saturated heterocycles. The number of ether oxygens (including phenoxy) is 1. The first-order valence-corrected chi connectivity index (χ1v) is 11.4. The molecule has 0 aliphatic carbocycles. The average Bonchev–Trinajstić information content (AvgIpc) is 3.08. The normalized spacial score (nSPS) is 17.4. The third kappa shape index (κ3) is 4.34. The number of nitrogens with zero attached hydrogens (tertiary/aromatic N) is 1. The molecule has 1 aliphatic rings. The van der Waals surface area contributed by atoms with Crippen molar-refractivity contribution in [1.29, 1.82) is 0 Å². The van der Waals surface area contributed by atoms with Crippen LogP contribution in [-0.4, -0.2) is 23.4 Å². The summed E-state index contributed by atoms with van der Waals surface area (Å²) < 4.78 is 5.85. The highest BCUT2D eigenvalue weighted by Gasteiger charge is 2.47. The highest BCUT2D eigenvalue weighted by atomic mass is 16.5. The maximum atomic E-state index is 13.3. The number of anilines is 1. The van der Waals surface area contributed by atoms with Crippen molar-refractivity contribution in [3.8, 4) is 5.75 Å². The van der Waals surface area contributed by atoms with Crippen molar-refractivity contribution in [3.63, 3.8) is 0 Å². The van der Waals surface area contributed by atoms with Gasteiger partial charge in [0, 0.05) is 11.3 Å². The van der Waals surface area contributed by atoms with E-state index in [0.717, 1.165) is 22.4 Å². The lowest BCUT2D eigenvalue weighted by Gasteiger charge is -2.26. The Balaban J connectivity index is 1.86. The van der Waals surface area contributed by atoms with Crippen molar-refractivity contribution in [2.24, 2.45) is 5.92 Å².